The van der Waals surface area contributed by atoms with Gasteiger partial charge in [-0.1, -0.05) is 18.2 Å². The maximum absolute atomic E-state index is 12.6. The minimum absolute atomic E-state index is 0.170. The molecule has 0 radical (unpaired) electrons. The van der Waals surface area contributed by atoms with Crippen LogP contribution < -0.4 is 19.5 Å². The summed E-state index contributed by atoms with van der Waals surface area (Å²) in [7, 11) is 4.68. The molecule has 31 heavy (non-hydrogen) atoms. The number of anilines is 1. The van der Waals surface area contributed by atoms with Crippen LogP contribution in [0, 0.1) is 0 Å². The Morgan fingerprint density at radius 3 is 2.35 bits per heavy atom. The average molecular weight is 439 g/mol. The van der Waals surface area contributed by atoms with Gasteiger partial charge in [0.15, 0.2) is 11.5 Å². The van der Waals surface area contributed by atoms with Crippen molar-refractivity contribution in [1.82, 2.24) is 0 Å². The van der Waals surface area contributed by atoms with E-state index in [-0.39, 0.29) is 23.1 Å². The number of thiophene rings is 1. The number of carbonyl (C=O) groups is 2. The fourth-order valence-electron chi connectivity index (χ4n) is 3.81. The van der Waals surface area contributed by atoms with Crippen molar-refractivity contribution in [3.05, 3.63) is 57.8 Å². The van der Waals surface area contributed by atoms with Crippen LogP contribution in [-0.2, 0) is 4.79 Å². The van der Waals surface area contributed by atoms with Crippen LogP contribution in [0.3, 0.4) is 0 Å². The zero-order valence-electron chi connectivity index (χ0n) is 17.2. The normalized spacial score (nSPS) is 15.1. The summed E-state index contributed by atoms with van der Waals surface area (Å²) in [5.41, 5.74) is 2.61. The molecule has 4 rings (SSSR count). The van der Waals surface area contributed by atoms with Gasteiger partial charge >= 0.3 is 5.97 Å². The lowest BCUT2D eigenvalue weighted by atomic mass is 9.88. The lowest BCUT2D eigenvalue weighted by molar-refractivity contribution is -0.116. The highest BCUT2D eigenvalue weighted by molar-refractivity contribution is 7.15. The molecule has 0 saturated heterocycles. The van der Waals surface area contributed by atoms with E-state index in [9.17, 15) is 14.7 Å². The Morgan fingerprint density at radius 2 is 1.74 bits per heavy atom. The topological polar surface area (TPSA) is 94.1 Å². The van der Waals surface area contributed by atoms with E-state index in [1.807, 2.05) is 12.1 Å². The van der Waals surface area contributed by atoms with Crippen LogP contribution in [0.2, 0.25) is 0 Å². The van der Waals surface area contributed by atoms with Gasteiger partial charge in [-0.3, -0.25) is 4.79 Å². The highest BCUT2D eigenvalue weighted by atomic mass is 32.1. The lowest BCUT2D eigenvalue weighted by Gasteiger charge is -2.24. The molecular formula is C23H21NO6S. The van der Waals surface area contributed by atoms with E-state index >= 15 is 0 Å². The maximum atomic E-state index is 12.6. The molecule has 2 N–H and O–H groups in total. The molecule has 0 unspecified atom stereocenters. The summed E-state index contributed by atoms with van der Waals surface area (Å²) in [5.74, 6) is 0.305. The Labute approximate surface area is 183 Å². The first-order valence-electron chi connectivity index (χ1n) is 9.53. The largest absolute Gasteiger partial charge is 0.497 e. The molecule has 0 spiro atoms. The van der Waals surface area contributed by atoms with E-state index in [4.69, 9.17) is 14.2 Å². The number of carboxylic acid groups (broad SMARTS) is 1. The number of carbonyl (C=O) groups excluding carboxylic acids is 1. The molecule has 1 aliphatic rings. The number of rotatable bonds is 6. The summed E-state index contributed by atoms with van der Waals surface area (Å²) >= 11 is 1.19. The summed E-state index contributed by atoms with van der Waals surface area (Å²) in [4.78, 5) is 25.7. The van der Waals surface area contributed by atoms with Gasteiger partial charge in [-0.05, 0) is 35.4 Å². The Balaban J connectivity index is 1.88. The predicted molar refractivity (Wildman–Crippen MR) is 118 cm³/mol. The Morgan fingerprint density at radius 1 is 1.03 bits per heavy atom. The van der Waals surface area contributed by atoms with Crippen molar-refractivity contribution in [3.63, 3.8) is 0 Å². The molecule has 0 saturated carbocycles. The molecule has 3 aromatic rings. The van der Waals surface area contributed by atoms with Crippen LogP contribution in [-0.4, -0.2) is 38.3 Å². The molecule has 2 aromatic carbocycles. The Bertz CT molecular complexity index is 1150. The number of methoxy groups -OCH3 is 3. The average Bonchev–Trinajstić information content (AvgIpc) is 3.17. The Hall–Kier alpha value is -3.52. The van der Waals surface area contributed by atoms with Gasteiger partial charge in [0.25, 0.3) is 0 Å². The van der Waals surface area contributed by atoms with Gasteiger partial charge in [-0.15, -0.1) is 11.3 Å². The molecule has 160 valence electrons. The van der Waals surface area contributed by atoms with Crippen LogP contribution in [0.15, 0.2) is 42.5 Å². The van der Waals surface area contributed by atoms with Gasteiger partial charge < -0.3 is 24.6 Å². The Kier molecular flexibility index (Phi) is 5.56. The van der Waals surface area contributed by atoms with Gasteiger partial charge in [0.1, 0.15) is 10.6 Å². The first kappa shape index (κ1) is 20.7. The lowest BCUT2D eigenvalue weighted by Crippen LogP contribution is -2.22. The number of aromatic carboxylic acids is 1. The smallest absolute Gasteiger partial charge is 0.346 e. The molecule has 2 heterocycles. The van der Waals surface area contributed by atoms with Crippen LogP contribution in [0.5, 0.6) is 17.2 Å². The van der Waals surface area contributed by atoms with E-state index < -0.39 is 5.97 Å². The van der Waals surface area contributed by atoms with Crippen LogP contribution in [0.4, 0.5) is 5.69 Å². The number of nitrogens with one attached hydrogen (secondary N) is 1. The number of hydrogen-bond donors (Lipinski definition) is 2. The molecule has 1 atom stereocenters. The molecule has 8 heteroatoms. The number of fused-ring (bicyclic) bond motifs is 1. The van der Waals surface area contributed by atoms with E-state index in [2.05, 4.69) is 5.32 Å². The third kappa shape index (κ3) is 3.70. The predicted octanol–water partition coefficient (Wildman–Crippen LogP) is 4.61. The first-order valence-corrected chi connectivity index (χ1v) is 10.3. The SMILES string of the molecule is COc1ccc(-c2c(C(=O)O)sc3c2NC(=O)C[C@H]3c2ccc(OC)c(OC)c2)cc1. The number of benzene rings is 2. The minimum atomic E-state index is -1.04. The molecule has 0 bridgehead atoms. The second kappa shape index (κ2) is 8.31. The van der Waals surface area contributed by atoms with Crippen molar-refractivity contribution < 1.29 is 28.9 Å². The zero-order valence-corrected chi connectivity index (χ0v) is 18.0. The van der Waals surface area contributed by atoms with E-state index in [0.29, 0.717) is 34.1 Å². The van der Waals surface area contributed by atoms with E-state index in [1.165, 1.54) is 11.3 Å². The summed E-state index contributed by atoms with van der Waals surface area (Å²) < 4.78 is 15.9. The quantitative estimate of drug-likeness (QED) is 0.582. The highest BCUT2D eigenvalue weighted by Crippen LogP contribution is 2.50. The van der Waals surface area contributed by atoms with Crippen molar-refractivity contribution in [2.45, 2.75) is 12.3 Å². The second-order valence-electron chi connectivity index (χ2n) is 7.00. The van der Waals surface area contributed by atoms with Gasteiger partial charge in [0, 0.05) is 22.8 Å². The molecule has 0 fully saturated rings. The van der Waals surface area contributed by atoms with Gasteiger partial charge in [0.05, 0.1) is 27.0 Å². The number of ether oxygens (including phenoxy) is 3. The fraction of sp³-hybridized carbons (Fsp3) is 0.217. The van der Waals surface area contributed by atoms with E-state index in [0.717, 1.165) is 10.4 Å². The number of amides is 1. The minimum Gasteiger partial charge on any atom is -0.497 e. The summed E-state index contributed by atoms with van der Waals surface area (Å²) in [5, 5.41) is 12.8. The molecule has 1 aliphatic heterocycles. The monoisotopic (exact) mass is 439 g/mol. The third-order valence-electron chi connectivity index (χ3n) is 5.29. The van der Waals surface area contributed by atoms with E-state index in [1.54, 1.807) is 51.7 Å². The van der Waals surface area contributed by atoms with Crippen LogP contribution >= 0.6 is 11.3 Å². The van der Waals surface area contributed by atoms with Crippen LogP contribution in [0.25, 0.3) is 11.1 Å². The van der Waals surface area contributed by atoms with Gasteiger partial charge in [-0.25, -0.2) is 4.79 Å². The van der Waals surface area contributed by atoms with Crippen molar-refractivity contribution in [2.24, 2.45) is 0 Å². The second-order valence-corrected chi connectivity index (χ2v) is 8.05. The molecule has 1 aromatic heterocycles. The van der Waals surface area contributed by atoms with Crippen molar-refractivity contribution in [2.75, 3.05) is 26.6 Å². The fourth-order valence-corrected chi connectivity index (χ4v) is 5.06. The van der Waals surface area contributed by atoms with Crippen molar-refractivity contribution in [3.8, 4) is 28.4 Å². The molecular weight excluding hydrogens is 418 g/mol. The summed E-state index contributed by atoms with van der Waals surface area (Å²) in [6, 6.07) is 12.6. The third-order valence-corrected chi connectivity index (χ3v) is 6.58. The van der Waals surface area contributed by atoms with Gasteiger partial charge in [0.2, 0.25) is 5.91 Å². The zero-order chi connectivity index (χ0) is 22.1. The molecule has 0 aliphatic carbocycles. The number of hydrogen-bond acceptors (Lipinski definition) is 6. The maximum Gasteiger partial charge on any atom is 0.346 e. The molecule has 7 nitrogen and oxygen atoms in total. The number of carboxylic acids is 1. The van der Waals surface area contributed by atoms with Crippen molar-refractivity contribution >= 4 is 28.9 Å². The van der Waals surface area contributed by atoms with Crippen LogP contribution in [0.1, 0.15) is 32.5 Å². The highest BCUT2D eigenvalue weighted by Gasteiger charge is 2.34. The summed E-state index contributed by atoms with van der Waals surface area (Å²) in [6.45, 7) is 0. The van der Waals surface area contributed by atoms with Gasteiger partial charge in [-0.2, -0.15) is 0 Å². The first-order chi connectivity index (χ1) is 15.0. The summed E-state index contributed by atoms with van der Waals surface area (Å²) in [6.07, 6.45) is 0.212. The van der Waals surface area contributed by atoms with Crippen molar-refractivity contribution in [1.29, 1.82) is 0 Å². The standard InChI is InChI=1S/C23H21NO6S/c1-28-14-7-4-12(5-8-14)19-20-21(31-22(19)23(26)27)15(11-18(25)24-20)13-6-9-16(29-2)17(10-13)30-3/h4-10,15H,11H2,1-3H3,(H,24,25)(H,26,27)/t15-/m0/s1. The molecule has 1 amide bonds.